The maximum Gasteiger partial charge on any atom is 0.262 e. The van der Waals surface area contributed by atoms with Crippen LogP contribution in [-0.4, -0.2) is 35.5 Å². The zero-order valence-electron chi connectivity index (χ0n) is 20.2. The summed E-state index contributed by atoms with van der Waals surface area (Å²) < 4.78 is 6.94. The Hall–Kier alpha value is -2.45. The Balaban J connectivity index is 0.00000289. The van der Waals surface area contributed by atoms with Gasteiger partial charge in [0.1, 0.15) is 15.8 Å². The summed E-state index contributed by atoms with van der Waals surface area (Å²) in [6.45, 7) is 9.47. The fraction of sp³-hybridized carbons (Fsp3) is 0.333. The number of thiophene rings is 1. The summed E-state index contributed by atoms with van der Waals surface area (Å²) in [5.74, 6) is 1.02. The minimum atomic E-state index is -0.152. The third-order valence-corrected chi connectivity index (χ3v) is 8.45. The molecule has 1 amide bonds. The van der Waals surface area contributed by atoms with E-state index < -0.39 is 0 Å². The lowest BCUT2D eigenvalue weighted by Gasteiger charge is -2.25. The van der Waals surface area contributed by atoms with Crippen molar-refractivity contribution in [3.63, 3.8) is 0 Å². The van der Waals surface area contributed by atoms with Crippen LogP contribution in [0.1, 0.15) is 42.7 Å². The number of anilines is 1. The number of likely N-dealkylation sites (N-methyl/N-ethyl adjacent to an activating group) is 1. The van der Waals surface area contributed by atoms with E-state index in [4.69, 9.17) is 9.72 Å². The smallest absolute Gasteiger partial charge is 0.262 e. The molecule has 0 spiro atoms. The number of thiazole rings is 1. The lowest BCUT2D eigenvalue weighted by Crippen LogP contribution is -2.29. The topological polar surface area (TPSA) is 54.5 Å². The second-order valence-electron chi connectivity index (χ2n) is 8.87. The molecule has 8 heteroatoms. The number of rotatable bonds is 7. The van der Waals surface area contributed by atoms with E-state index in [1.165, 1.54) is 16.0 Å². The van der Waals surface area contributed by atoms with Crippen molar-refractivity contribution in [3.8, 4) is 16.3 Å². The number of hydrogen-bond donors (Lipinski definition) is 1. The molecule has 5 nitrogen and oxygen atoms in total. The summed E-state index contributed by atoms with van der Waals surface area (Å²) >= 11 is 3.37. The SMILES string of the molecule is CCN1CCc2c(sc(NC(=O)COc3ccc(C(C)C)cc3)c2-c2nc3ccccc3s2)C1.Cl. The molecule has 0 atom stereocenters. The quantitative estimate of drug-likeness (QED) is 0.282. The maximum absolute atomic E-state index is 12.9. The second-order valence-corrected chi connectivity index (χ2v) is 11.0. The number of nitrogens with zero attached hydrogens (tertiary/aromatic N) is 2. The Labute approximate surface area is 220 Å². The number of ether oxygens (including phenoxy) is 1. The average molecular weight is 528 g/mol. The normalized spacial score (nSPS) is 13.5. The fourth-order valence-electron chi connectivity index (χ4n) is 4.28. The number of hydrogen-bond acceptors (Lipinski definition) is 6. The molecule has 0 aliphatic carbocycles. The van der Waals surface area contributed by atoms with Crippen molar-refractivity contribution < 1.29 is 9.53 Å². The van der Waals surface area contributed by atoms with Crippen molar-refractivity contribution in [3.05, 3.63) is 64.5 Å². The van der Waals surface area contributed by atoms with Crippen molar-refractivity contribution in [1.82, 2.24) is 9.88 Å². The molecule has 1 N–H and O–H groups in total. The molecule has 0 saturated carbocycles. The highest BCUT2D eigenvalue weighted by atomic mass is 35.5. The van der Waals surface area contributed by atoms with Crippen molar-refractivity contribution in [1.29, 1.82) is 0 Å². The fourth-order valence-corrected chi connectivity index (χ4v) is 6.70. The molecule has 0 unspecified atom stereocenters. The van der Waals surface area contributed by atoms with Crippen molar-refractivity contribution >= 4 is 56.2 Å². The van der Waals surface area contributed by atoms with Gasteiger partial charge in [0.05, 0.1) is 10.2 Å². The van der Waals surface area contributed by atoms with Gasteiger partial charge in [-0.15, -0.1) is 35.1 Å². The van der Waals surface area contributed by atoms with Gasteiger partial charge in [-0.25, -0.2) is 4.98 Å². The Kier molecular flexibility index (Phi) is 8.12. The Morgan fingerprint density at radius 2 is 1.91 bits per heavy atom. The first-order valence-electron chi connectivity index (χ1n) is 11.8. The first-order chi connectivity index (χ1) is 16.5. The van der Waals surface area contributed by atoms with Gasteiger partial charge >= 0.3 is 0 Å². The van der Waals surface area contributed by atoms with E-state index in [0.29, 0.717) is 11.7 Å². The number of para-hydroxylation sites is 1. The second kappa shape index (κ2) is 11.1. The molecular weight excluding hydrogens is 498 g/mol. The number of carbonyl (C=O) groups excluding carboxylic acids is 1. The molecule has 5 rings (SSSR count). The van der Waals surface area contributed by atoms with Gasteiger partial charge in [0.2, 0.25) is 0 Å². The molecule has 0 fully saturated rings. The van der Waals surface area contributed by atoms with Gasteiger partial charge < -0.3 is 10.1 Å². The molecule has 2 aromatic heterocycles. The monoisotopic (exact) mass is 527 g/mol. The van der Waals surface area contributed by atoms with Crippen LogP contribution in [0.2, 0.25) is 0 Å². The maximum atomic E-state index is 12.9. The van der Waals surface area contributed by atoms with Gasteiger partial charge in [-0.1, -0.05) is 45.0 Å². The van der Waals surface area contributed by atoms with Crippen molar-refractivity contribution in [2.75, 3.05) is 25.0 Å². The molecule has 1 aliphatic rings. The molecule has 0 bridgehead atoms. The Bertz CT molecular complexity index is 1280. The standard InChI is InChI=1S/C27H29N3O2S2.ClH/c1-4-30-14-13-20-23(15-30)34-27(25(20)26-28-21-7-5-6-8-22(21)33-26)29-24(31)16-32-19-11-9-18(10-12-19)17(2)3;/h5-12,17H,4,13-16H2,1-3H3,(H,29,31);1H. The minimum absolute atomic E-state index is 0. The van der Waals surface area contributed by atoms with Gasteiger partial charge in [0.25, 0.3) is 5.91 Å². The summed E-state index contributed by atoms with van der Waals surface area (Å²) in [7, 11) is 0. The first-order valence-corrected chi connectivity index (χ1v) is 13.4. The van der Waals surface area contributed by atoms with Crippen LogP contribution in [0.25, 0.3) is 20.8 Å². The molecule has 2 aromatic carbocycles. The van der Waals surface area contributed by atoms with Crippen molar-refractivity contribution in [2.45, 2.75) is 39.7 Å². The van der Waals surface area contributed by atoms with Crippen LogP contribution in [0.15, 0.2) is 48.5 Å². The molecule has 35 heavy (non-hydrogen) atoms. The lowest BCUT2D eigenvalue weighted by atomic mass is 10.0. The van der Waals surface area contributed by atoms with Crippen LogP contribution < -0.4 is 10.1 Å². The predicted molar refractivity (Wildman–Crippen MR) is 149 cm³/mol. The van der Waals surface area contributed by atoms with Crippen LogP contribution in [-0.2, 0) is 17.8 Å². The zero-order chi connectivity index (χ0) is 23.7. The predicted octanol–water partition coefficient (Wildman–Crippen LogP) is 6.97. The summed E-state index contributed by atoms with van der Waals surface area (Å²) in [6.07, 6.45) is 0.972. The van der Waals surface area contributed by atoms with Gasteiger partial charge in [-0.05, 0) is 54.3 Å². The number of nitrogens with one attached hydrogen (secondary N) is 1. The van der Waals surface area contributed by atoms with Crippen LogP contribution in [0, 0.1) is 0 Å². The van der Waals surface area contributed by atoms with E-state index in [1.54, 1.807) is 22.7 Å². The molecular formula is C27H30ClN3O2S2. The third kappa shape index (κ3) is 5.54. The summed E-state index contributed by atoms with van der Waals surface area (Å²) in [5.41, 5.74) is 4.67. The molecule has 3 heterocycles. The lowest BCUT2D eigenvalue weighted by molar-refractivity contribution is -0.118. The van der Waals surface area contributed by atoms with Crippen LogP contribution >= 0.6 is 35.1 Å². The number of carbonyl (C=O) groups is 1. The number of aromatic nitrogens is 1. The van der Waals surface area contributed by atoms with E-state index in [1.807, 2.05) is 30.3 Å². The largest absolute Gasteiger partial charge is 0.484 e. The van der Waals surface area contributed by atoms with Crippen LogP contribution in [0.3, 0.4) is 0 Å². The molecule has 1 aliphatic heterocycles. The molecule has 0 radical (unpaired) electrons. The van der Waals surface area contributed by atoms with Crippen LogP contribution in [0.4, 0.5) is 5.00 Å². The van der Waals surface area contributed by atoms with Gasteiger partial charge in [-0.3, -0.25) is 9.69 Å². The van der Waals surface area contributed by atoms with E-state index in [0.717, 1.165) is 51.8 Å². The van der Waals surface area contributed by atoms with Gasteiger partial charge in [0.15, 0.2) is 6.61 Å². The number of halogens is 1. The molecule has 4 aromatic rings. The van der Waals surface area contributed by atoms with E-state index in [-0.39, 0.29) is 24.9 Å². The highest BCUT2D eigenvalue weighted by Crippen LogP contribution is 2.45. The molecule has 0 saturated heterocycles. The first kappa shape index (κ1) is 25.6. The van der Waals surface area contributed by atoms with Crippen LogP contribution in [0.5, 0.6) is 5.75 Å². The highest BCUT2D eigenvalue weighted by Gasteiger charge is 2.27. The number of amides is 1. The zero-order valence-corrected chi connectivity index (χ0v) is 22.6. The minimum Gasteiger partial charge on any atom is -0.484 e. The Morgan fingerprint density at radius 3 is 2.63 bits per heavy atom. The van der Waals surface area contributed by atoms with E-state index >= 15 is 0 Å². The average Bonchev–Trinajstić information content (AvgIpc) is 3.42. The summed E-state index contributed by atoms with van der Waals surface area (Å²) in [4.78, 5) is 21.6. The van der Waals surface area contributed by atoms with E-state index in [9.17, 15) is 4.79 Å². The number of benzene rings is 2. The summed E-state index contributed by atoms with van der Waals surface area (Å²) in [6, 6.07) is 16.2. The third-order valence-electron chi connectivity index (χ3n) is 6.26. The van der Waals surface area contributed by atoms with Gasteiger partial charge in [0, 0.05) is 23.5 Å². The summed E-state index contributed by atoms with van der Waals surface area (Å²) in [5, 5.41) is 5.00. The van der Waals surface area contributed by atoms with Gasteiger partial charge in [-0.2, -0.15) is 0 Å². The molecule has 184 valence electrons. The highest BCUT2D eigenvalue weighted by molar-refractivity contribution is 7.22. The number of fused-ring (bicyclic) bond motifs is 2. The van der Waals surface area contributed by atoms with E-state index in [2.05, 4.69) is 49.2 Å². The Morgan fingerprint density at radius 1 is 1.14 bits per heavy atom. The van der Waals surface area contributed by atoms with Crippen molar-refractivity contribution in [2.24, 2.45) is 0 Å².